The van der Waals surface area contributed by atoms with Crippen LogP contribution in [0.5, 0.6) is 0 Å². The fourth-order valence-corrected chi connectivity index (χ4v) is 3.77. The van der Waals surface area contributed by atoms with Crippen LogP contribution < -0.4 is 4.90 Å². The number of anilines is 1. The van der Waals surface area contributed by atoms with Crippen molar-refractivity contribution in [2.75, 3.05) is 44.2 Å². The minimum atomic E-state index is -0.537. The topological polar surface area (TPSA) is 53.1 Å². The highest BCUT2D eigenvalue weighted by Gasteiger charge is 2.34. The van der Waals surface area contributed by atoms with Crippen molar-refractivity contribution in [3.8, 4) is 0 Å². The molecule has 0 spiro atoms. The minimum Gasteiger partial charge on any atom is -0.444 e. The zero-order valence-electron chi connectivity index (χ0n) is 17.0. The van der Waals surface area contributed by atoms with E-state index in [2.05, 4.69) is 4.90 Å². The molecule has 0 saturated carbocycles. The molecule has 0 aromatic heterocycles. The van der Waals surface area contributed by atoms with Gasteiger partial charge in [0.05, 0.1) is 5.92 Å². The molecule has 0 aliphatic carbocycles. The number of benzene rings is 1. The molecule has 0 radical (unpaired) electrons. The number of carbonyl (C=O) groups excluding carboxylic acids is 2. The highest BCUT2D eigenvalue weighted by Crippen LogP contribution is 2.23. The van der Waals surface area contributed by atoms with Gasteiger partial charge in [-0.2, -0.15) is 0 Å². The number of likely N-dealkylation sites (tertiary alicyclic amines) is 1. The monoisotopic (exact) mass is 391 g/mol. The summed E-state index contributed by atoms with van der Waals surface area (Å²) in [6.07, 6.45) is 1.27. The molecule has 3 rings (SSSR count). The third kappa shape index (κ3) is 5.14. The zero-order chi connectivity index (χ0) is 20.3. The van der Waals surface area contributed by atoms with E-state index < -0.39 is 5.60 Å². The Morgan fingerprint density at radius 2 is 1.64 bits per heavy atom. The maximum absolute atomic E-state index is 13.1. The Kier molecular flexibility index (Phi) is 6.10. The molecular weight excluding hydrogens is 361 g/mol. The number of piperidine rings is 1. The van der Waals surface area contributed by atoms with Crippen LogP contribution in [0.4, 0.5) is 14.9 Å². The molecule has 7 heteroatoms. The summed E-state index contributed by atoms with van der Waals surface area (Å²) in [6, 6.07) is 6.46. The molecule has 6 nitrogen and oxygen atoms in total. The lowest BCUT2D eigenvalue weighted by Gasteiger charge is -2.39. The lowest BCUT2D eigenvalue weighted by molar-refractivity contribution is -0.137. The summed E-state index contributed by atoms with van der Waals surface area (Å²) >= 11 is 0. The molecule has 1 aromatic rings. The molecule has 2 fully saturated rings. The predicted molar refractivity (Wildman–Crippen MR) is 106 cm³/mol. The van der Waals surface area contributed by atoms with Gasteiger partial charge in [0.2, 0.25) is 5.91 Å². The first-order valence-corrected chi connectivity index (χ1v) is 10.0. The van der Waals surface area contributed by atoms with Crippen molar-refractivity contribution in [2.24, 2.45) is 5.92 Å². The lowest BCUT2D eigenvalue weighted by Crippen LogP contribution is -2.53. The highest BCUT2D eigenvalue weighted by atomic mass is 19.1. The molecule has 1 unspecified atom stereocenters. The number of carbonyl (C=O) groups is 2. The van der Waals surface area contributed by atoms with E-state index in [1.807, 2.05) is 25.7 Å². The maximum Gasteiger partial charge on any atom is 0.410 e. The third-order valence-corrected chi connectivity index (χ3v) is 5.21. The molecular formula is C21H30FN3O3. The van der Waals surface area contributed by atoms with Crippen LogP contribution in [0.25, 0.3) is 0 Å². The summed E-state index contributed by atoms with van der Waals surface area (Å²) in [7, 11) is 0. The van der Waals surface area contributed by atoms with Crippen LogP contribution in [-0.4, -0.2) is 66.7 Å². The average Bonchev–Trinajstić information content (AvgIpc) is 2.67. The van der Waals surface area contributed by atoms with Crippen LogP contribution in [0.2, 0.25) is 0 Å². The Morgan fingerprint density at radius 1 is 1.00 bits per heavy atom. The second-order valence-corrected chi connectivity index (χ2v) is 8.55. The van der Waals surface area contributed by atoms with E-state index in [9.17, 15) is 14.0 Å². The molecule has 0 N–H and O–H groups in total. The van der Waals surface area contributed by atoms with Gasteiger partial charge in [-0.3, -0.25) is 4.79 Å². The summed E-state index contributed by atoms with van der Waals surface area (Å²) in [4.78, 5) is 31.0. The van der Waals surface area contributed by atoms with Crippen molar-refractivity contribution in [3.05, 3.63) is 30.1 Å². The number of rotatable bonds is 2. The normalized spacial score (nSPS) is 20.9. The Balaban J connectivity index is 1.53. The number of piperazine rings is 1. The van der Waals surface area contributed by atoms with Gasteiger partial charge in [0, 0.05) is 45.0 Å². The molecule has 2 amide bonds. The molecule has 154 valence electrons. The van der Waals surface area contributed by atoms with Crippen LogP contribution in [0.1, 0.15) is 33.6 Å². The Bertz CT molecular complexity index is 694. The van der Waals surface area contributed by atoms with Crippen LogP contribution >= 0.6 is 0 Å². The third-order valence-electron chi connectivity index (χ3n) is 5.21. The first kappa shape index (κ1) is 20.4. The van der Waals surface area contributed by atoms with Crippen LogP contribution in [0, 0.1) is 11.7 Å². The largest absolute Gasteiger partial charge is 0.444 e. The average molecular weight is 391 g/mol. The van der Waals surface area contributed by atoms with E-state index >= 15 is 0 Å². The number of hydrogen-bond acceptors (Lipinski definition) is 4. The molecule has 1 atom stereocenters. The van der Waals surface area contributed by atoms with Crippen molar-refractivity contribution in [3.63, 3.8) is 0 Å². The molecule has 1 aromatic carbocycles. The van der Waals surface area contributed by atoms with Crippen molar-refractivity contribution in [1.29, 1.82) is 0 Å². The fraction of sp³-hybridized carbons (Fsp3) is 0.619. The van der Waals surface area contributed by atoms with Gasteiger partial charge < -0.3 is 19.4 Å². The first-order chi connectivity index (χ1) is 13.2. The van der Waals surface area contributed by atoms with Crippen LogP contribution in [0.3, 0.4) is 0 Å². The van der Waals surface area contributed by atoms with Gasteiger partial charge in [-0.05, 0) is 57.9 Å². The minimum absolute atomic E-state index is 0.118. The summed E-state index contributed by atoms with van der Waals surface area (Å²) in [5.41, 5.74) is 0.437. The van der Waals surface area contributed by atoms with Crippen molar-refractivity contribution >= 4 is 17.7 Å². The number of nitrogens with zero attached hydrogens (tertiary/aromatic N) is 3. The van der Waals surface area contributed by atoms with E-state index in [1.165, 1.54) is 12.1 Å². The van der Waals surface area contributed by atoms with Gasteiger partial charge in [0.1, 0.15) is 11.4 Å². The van der Waals surface area contributed by atoms with Crippen molar-refractivity contribution in [1.82, 2.24) is 9.80 Å². The smallest absolute Gasteiger partial charge is 0.410 e. The molecule has 0 bridgehead atoms. The van der Waals surface area contributed by atoms with Gasteiger partial charge in [0.25, 0.3) is 0 Å². The van der Waals surface area contributed by atoms with Gasteiger partial charge >= 0.3 is 6.09 Å². The van der Waals surface area contributed by atoms with Crippen LogP contribution in [0.15, 0.2) is 24.3 Å². The maximum atomic E-state index is 13.1. The van der Waals surface area contributed by atoms with Gasteiger partial charge in [-0.1, -0.05) is 0 Å². The van der Waals surface area contributed by atoms with E-state index in [0.29, 0.717) is 26.2 Å². The second-order valence-electron chi connectivity index (χ2n) is 8.55. The number of halogens is 1. The predicted octanol–water partition coefficient (Wildman–Crippen LogP) is 3.12. The molecule has 2 saturated heterocycles. The first-order valence-electron chi connectivity index (χ1n) is 10.0. The van der Waals surface area contributed by atoms with E-state index in [4.69, 9.17) is 4.74 Å². The summed E-state index contributed by atoms with van der Waals surface area (Å²) < 4.78 is 18.5. The number of amides is 2. The zero-order valence-corrected chi connectivity index (χ0v) is 17.0. The molecule has 28 heavy (non-hydrogen) atoms. The van der Waals surface area contributed by atoms with E-state index in [-0.39, 0.29) is 23.7 Å². The lowest BCUT2D eigenvalue weighted by atomic mass is 9.96. The number of ether oxygens (including phenoxy) is 1. The SMILES string of the molecule is CC(C)(C)OC(=O)N1CCCC(C(=O)N2CCN(c3ccc(F)cc3)CC2)C1. The summed E-state index contributed by atoms with van der Waals surface area (Å²) in [6.45, 7) is 9.31. The fourth-order valence-electron chi connectivity index (χ4n) is 3.77. The van der Waals surface area contributed by atoms with E-state index in [0.717, 1.165) is 31.6 Å². The van der Waals surface area contributed by atoms with Crippen molar-refractivity contribution < 1.29 is 18.7 Å². The molecule has 2 aliphatic heterocycles. The second kappa shape index (κ2) is 8.37. The summed E-state index contributed by atoms with van der Waals surface area (Å²) in [5.74, 6) is -0.296. The molecule has 2 heterocycles. The van der Waals surface area contributed by atoms with Gasteiger partial charge in [0.15, 0.2) is 0 Å². The molecule has 2 aliphatic rings. The Morgan fingerprint density at radius 3 is 2.25 bits per heavy atom. The van der Waals surface area contributed by atoms with Crippen molar-refractivity contribution in [2.45, 2.75) is 39.2 Å². The number of hydrogen-bond donors (Lipinski definition) is 0. The van der Waals surface area contributed by atoms with Gasteiger partial charge in [-0.25, -0.2) is 9.18 Å². The quantitative estimate of drug-likeness (QED) is 0.777. The Hall–Kier alpha value is -2.31. The Labute approximate surface area is 166 Å². The van der Waals surface area contributed by atoms with Crippen LogP contribution in [-0.2, 0) is 9.53 Å². The summed E-state index contributed by atoms with van der Waals surface area (Å²) in [5, 5.41) is 0. The van der Waals surface area contributed by atoms with E-state index in [1.54, 1.807) is 17.0 Å². The standard InChI is InChI=1S/C21H30FN3O3/c1-21(2,3)28-20(27)25-10-4-5-16(15-25)19(26)24-13-11-23(12-14-24)18-8-6-17(22)7-9-18/h6-9,16H,4-5,10-15H2,1-3H3. The van der Waals surface area contributed by atoms with Gasteiger partial charge in [-0.15, -0.1) is 0 Å². The highest BCUT2D eigenvalue weighted by molar-refractivity contribution is 5.80.